The highest BCUT2D eigenvalue weighted by molar-refractivity contribution is 5.72. The lowest BCUT2D eigenvalue weighted by atomic mass is 9.96. The Bertz CT molecular complexity index is 431. The maximum atomic E-state index is 12.4. The van der Waals surface area contributed by atoms with E-state index in [1.165, 1.54) is 5.57 Å². The number of nitrogens with zero attached hydrogens (tertiary/aromatic N) is 1. The fourth-order valence-electron chi connectivity index (χ4n) is 2.46. The van der Waals surface area contributed by atoms with Crippen molar-refractivity contribution in [2.24, 2.45) is 5.92 Å². The average Bonchev–Trinajstić information content (AvgIpc) is 2.37. The average molecular weight is 279 g/mol. The van der Waals surface area contributed by atoms with Crippen LogP contribution in [0.1, 0.15) is 40.5 Å². The number of carbonyl (C=O) groups is 1. The first kappa shape index (κ1) is 15.1. The van der Waals surface area contributed by atoms with Gasteiger partial charge in [-0.15, -0.1) is 0 Å². The topological polar surface area (TPSA) is 38.8 Å². The highest BCUT2D eigenvalue weighted by Crippen LogP contribution is 2.29. The molecular weight excluding hydrogens is 254 g/mol. The second-order valence-electron chi connectivity index (χ2n) is 6.58. The molecule has 0 bridgehead atoms. The summed E-state index contributed by atoms with van der Waals surface area (Å²) in [6.07, 6.45) is 5.85. The van der Waals surface area contributed by atoms with Crippen LogP contribution in [0.15, 0.2) is 23.4 Å². The summed E-state index contributed by atoms with van der Waals surface area (Å²) >= 11 is 0. The Hall–Kier alpha value is -1.29. The summed E-state index contributed by atoms with van der Waals surface area (Å²) in [6, 6.07) is 0. The molecular formula is C16H25NO3. The summed E-state index contributed by atoms with van der Waals surface area (Å²) in [5.74, 6) is 0.465. The van der Waals surface area contributed by atoms with Crippen molar-refractivity contribution in [3.8, 4) is 0 Å². The van der Waals surface area contributed by atoms with E-state index in [1.54, 1.807) is 4.90 Å². The standard InChI is InChI=1S/C16H25NO3/c1-12-5-6-14(13-7-9-19-10-8-13)17(11-12)15(18)20-16(2,3)4/h6-7,12H,5,8-11H2,1-4H3/t12-/m0/s1. The van der Waals surface area contributed by atoms with Crippen LogP contribution in [0.5, 0.6) is 0 Å². The molecule has 0 saturated heterocycles. The first-order valence-electron chi connectivity index (χ1n) is 7.34. The lowest BCUT2D eigenvalue weighted by Crippen LogP contribution is -2.41. The van der Waals surface area contributed by atoms with E-state index < -0.39 is 5.60 Å². The molecule has 0 aromatic carbocycles. The van der Waals surface area contributed by atoms with Crippen LogP contribution in [0.25, 0.3) is 0 Å². The molecule has 0 fully saturated rings. The van der Waals surface area contributed by atoms with Crippen molar-refractivity contribution >= 4 is 6.09 Å². The van der Waals surface area contributed by atoms with Gasteiger partial charge in [0.15, 0.2) is 0 Å². The van der Waals surface area contributed by atoms with Gasteiger partial charge in [-0.1, -0.05) is 19.1 Å². The zero-order chi connectivity index (χ0) is 14.8. The number of rotatable bonds is 1. The van der Waals surface area contributed by atoms with Crippen LogP contribution in [0, 0.1) is 5.92 Å². The van der Waals surface area contributed by atoms with Crippen molar-refractivity contribution in [3.05, 3.63) is 23.4 Å². The highest BCUT2D eigenvalue weighted by atomic mass is 16.6. The van der Waals surface area contributed by atoms with Crippen LogP contribution in [0.4, 0.5) is 4.79 Å². The number of amides is 1. The van der Waals surface area contributed by atoms with Crippen LogP contribution >= 0.6 is 0 Å². The number of carbonyl (C=O) groups excluding carboxylic acids is 1. The highest BCUT2D eigenvalue weighted by Gasteiger charge is 2.30. The minimum atomic E-state index is -0.465. The Labute approximate surface area is 121 Å². The molecule has 4 nitrogen and oxygen atoms in total. The van der Waals surface area contributed by atoms with Gasteiger partial charge in [0.25, 0.3) is 0 Å². The maximum absolute atomic E-state index is 12.4. The Morgan fingerprint density at radius 1 is 1.40 bits per heavy atom. The third kappa shape index (κ3) is 3.85. The van der Waals surface area contributed by atoms with Crippen molar-refractivity contribution in [1.82, 2.24) is 4.90 Å². The van der Waals surface area contributed by atoms with Crippen LogP contribution in [0.2, 0.25) is 0 Å². The summed E-state index contributed by atoms with van der Waals surface area (Å²) in [7, 11) is 0. The van der Waals surface area contributed by atoms with Gasteiger partial charge in [0.1, 0.15) is 5.60 Å². The smallest absolute Gasteiger partial charge is 0.414 e. The van der Waals surface area contributed by atoms with Gasteiger partial charge in [-0.05, 0) is 45.1 Å². The summed E-state index contributed by atoms with van der Waals surface area (Å²) in [4.78, 5) is 14.2. The summed E-state index contributed by atoms with van der Waals surface area (Å²) in [5.41, 5.74) is 1.75. The van der Waals surface area contributed by atoms with Crippen molar-refractivity contribution in [2.45, 2.75) is 46.1 Å². The first-order chi connectivity index (χ1) is 9.37. The van der Waals surface area contributed by atoms with Crippen molar-refractivity contribution in [1.29, 1.82) is 0 Å². The normalized spacial score (nSPS) is 24.0. The lowest BCUT2D eigenvalue weighted by molar-refractivity contribution is 0.0281. The summed E-state index contributed by atoms with van der Waals surface area (Å²) < 4.78 is 10.9. The molecule has 0 aromatic heterocycles. The molecule has 0 N–H and O–H groups in total. The molecule has 112 valence electrons. The summed E-state index contributed by atoms with van der Waals surface area (Å²) in [6.45, 7) is 9.92. The molecule has 0 aromatic rings. The Morgan fingerprint density at radius 3 is 2.75 bits per heavy atom. The van der Waals surface area contributed by atoms with Crippen molar-refractivity contribution < 1.29 is 14.3 Å². The molecule has 2 heterocycles. The van der Waals surface area contributed by atoms with Crippen LogP contribution < -0.4 is 0 Å². The van der Waals surface area contributed by atoms with Gasteiger partial charge in [-0.25, -0.2) is 4.79 Å². The van der Waals surface area contributed by atoms with E-state index in [9.17, 15) is 4.79 Å². The molecule has 2 aliphatic heterocycles. The molecule has 1 amide bonds. The molecule has 2 aliphatic rings. The quantitative estimate of drug-likeness (QED) is 0.737. The van der Waals surface area contributed by atoms with E-state index in [4.69, 9.17) is 9.47 Å². The van der Waals surface area contributed by atoms with Crippen LogP contribution in [0.3, 0.4) is 0 Å². The van der Waals surface area contributed by atoms with Crippen LogP contribution in [-0.4, -0.2) is 36.4 Å². The molecule has 0 unspecified atom stereocenters. The van der Waals surface area contributed by atoms with Gasteiger partial charge in [-0.2, -0.15) is 0 Å². The number of hydrogen-bond donors (Lipinski definition) is 0. The van der Waals surface area contributed by atoms with Crippen LogP contribution in [-0.2, 0) is 9.47 Å². The van der Waals surface area contributed by atoms with E-state index in [-0.39, 0.29) is 6.09 Å². The Kier molecular flexibility index (Phi) is 4.53. The monoisotopic (exact) mass is 279 g/mol. The molecule has 0 saturated carbocycles. The molecule has 0 radical (unpaired) electrons. The van der Waals surface area contributed by atoms with E-state index in [0.717, 1.165) is 31.7 Å². The van der Waals surface area contributed by atoms with Gasteiger partial charge in [-0.3, -0.25) is 4.90 Å². The van der Waals surface area contributed by atoms with Gasteiger partial charge < -0.3 is 9.47 Å². The Balaban J connectivity index is 2.19. The largest absolute Gasteiger partial charge is 0.443 e. The maximum Gasteiger partial charge on any atom is 0.414 e. The first-order valence-corrected chi connectivity index (χ1v) is 7.34. The Morgan fingerprint density at radius 2 is 2.15 bits per heavy atom. The van der Waals surface area contributed by atoms with Gasteiger partial charge in [0.05, 0.1) is 13.2 Å². The summed E-state index contributed by atoms with van der Waals surface area (Å²) in [5, 5.41) is 0. The van der Waals surface area contributed by atoms with Crippen molar-refractivity contribution in [2.75, 3.05) is 19.8 Å². The van der Waals surface area contributed by atoms with Crippen molar-refractivity contribution in [3.63, 3.8) is 0 Å². The molecule has 2 rings (SSSR count). The van der Waals surface area contributed by atoms with Gasteiger partial charge in [0.2, 0.25) is 0 Å². The van der Waals surface area contributed by atoms with Gasteiger partial charge >= 0.3 is 6.09 Å². The fourth-order valence-corrected chi connectivity index (χ4v) is 2.46. The zero-order valence-corrected chi connectivity index (χ0v) is 12.9. The van der Waals surface area contributed by atoms with E-state index in [0.29, 0.717) is 12.5 Å². The molecule has 20 heavy (non-hydrogen) atoms. The minimum Gasteiger partial charge on any atom is -0.443 e. The molecule has 4 heteroatoms. The lowest BCUT2D eigenvalue weighted by Gasteiger charge is -2.35. The number of ether oxygens (including phenoxy) is 2. The SMILES string of the molecule is C[C@H]1CC=C(C2=CCOCC2)N(C(=O)OC(C)(C)C)C1. The third-order valence-corrected chi connectivity index (χ3v) is 3.40. The second-order valence-corrected chi connectivity index (χ2v) is 6.58. The molecule has 0 aliphatic carbocycles. The molecule has 0 spiro atoms. The van der Waals surface area contributed by atoms with E-state index in [2.05, 4.69) is 19.1 Å². The van der Waals surface area contributed by atoms with E-state index >= 15 is 0 Å². The fraction of sp³-hybridized carbons (Fsp3) is 0.688. The number of hydrogen-bond acceptors (Lipinski definition) is 3. The predicted molar refractivity (Wildman–Crippen MR) is 78.3 cm³/mol. The van der Waals surface area contributed by atoms with Gasteiger partial charge in [0, 0.05) is 12.2 Å². The number of allylic oxidation sites excluding steroid dienone is 2. The predicted octanol–water partition coefficient (Wildman–Crippen LogP) is 3.49. The van der Waals surface area contributed by atoms with E-state index in [1.807, 2.05) is 20.8 Å². The third-order valence-electron chi connectivity index (χ3n) is 3.40. The second kappa shape index (κ2) is 6.00. The minimum absolute atomic E-state index is 0.248. The zero-order valence-electron chi connectivity index (χ0n) is 12.9. The molecule has 1 atom stereocenters.